The van der Waals surface area contributed by atoms with E-state index in [1.54, 1.807) is 6.07 Å². The molecule has 3 rings (SSSR count). The maximum absolute atomic E-state index is 13.5. The fraction of sp³-hybridized carbons (Fsp3) is 0.423. The molecule has 1 fully saturated rings. The van der Waals surface area contributed by atoms with Crippen LogP contribution in [-0.4, -0.2) is 45.6 Å². The fourth-order valence-corrected chi connectivity index (χ4v) is 5.04. The smallest absolute Gasteiger partial charge is 0.257 e. The summed E-state index contributed by atoms with van der Waals surface area (Å²) in [5.74, 6) is 1.54. The van der Waals surface area contributed by atoms with Crippen LogP contribution in [0.3, 0.4) is 0 Å². The van der Waals surface area contributed by atoms with Crippen LogP contribution < -0.4 is 0 Å². The molecule has 1 aliphatic heterocycles. The summed E-state index contributed by atoms with van der Waals surface area (Å²) in [6, 6.07) is 7.55. The molecule has 0 unspecified atom stereocenters. The lowest BCUT2D eigenvalue weighted by Gasteiger charge is -2.28. The second kappa shape index (κ2) is 10.3. The lowest BCUT2D eigenvalue weighted by Crippen LogP contribution is -2.38. The molecule has 0 radical (unpaired) electrons. The van der Waals surface area contributed by atoms with Crippen molar-refractivity contribution < 1.29 is 15.0 Å². The predicted molar refractivity (Wildman–Crippen MR) is 131 cm³/mol. The van der Waals surface area contributed by atoms with Gasteiger partial charge in [0.25, 0.3) is 5.91 Å². The molecular weight excluding hydrogens is 406 g/mol. The van der Waals surface area contributed by atoms with Crippen LogP contribution in [0.15, 0.2) is 30.8 Å². The van der Waals surface area contributed by atoms with Gasteiger partial charge in [-0.3, -0.25) is 4.79 Å². The number of carbonyl (C=O) groups is 1. The van der Waals surface area contributed by atoms with Gasteiger partial charge in [-0.15, -0.1) is 0 Å². The molecule has 0 saturated carbocycles. The number of rotatable bonds is 7. The number of carbonyl (C=O) groups excluding carboxylic acids is 1. The quantitative estimate of drug-likeness (QED) is 0.517. The van der Waals surface area contributed by atoms with Gasteiger partial charge in [-0.1, -0.05) is 55.7 Å². The van der Waals surface area contributed by atoms with E-state index >= 15 is 0 Å². The third kappa shape index (κ3) is 5.09. The van der Waals surface area contributed by atoms with Crippen molar-refractivity contribution in [2.75, 3.05) is 24.6 Å². The van der Waals surface area contributed by atoms with Crippen molar-refractivity contribution in [2.45, 2.75) is 46.5 Å². The molecule has 1 aliphatic rings. The lowest BCUT2D eigenvalue weighted by molar-refractivity contribution is 0.0768. The first-order valence-corrected chi connectivity index (χ1v) is 12.2. The second-order valence-electron chi connectivity index (χ2n) is 8.34. The largest absolute Gasteiger partial charge is 0.507 e. The number of allylic oxidation sites excluding steroid dienone is 1. The zero-order chi connectivity index (χ0) is 22.5. The van der Waals surface area contributed by atoms with Crippen LogP contribution in [-0.2, 0) is 6.42 Å². The molecule has 0 spiro atoms. The van der Waals surface area contributed by atoms with Gasteiger partial charge in [-0.25, -0.2) is 0 Å². The summed E-state index contributed by atoms with van der Waals surface area (Å²) in [6.07, 6.45) is 3.66. The molecule has 0 aromatic heterocycles. The standard InChI is InChI=1S/C26H33NO3S/c1-5-6-7-8-19-16-22(28)24(21-15-18(4)9-10-20(21)17(2)3)25(29)23(19)26(30)27-11-13-31-14-12-27/h9-10,15-16,28-29H,2,5-8,11-14H2,1,3-4H3. The summed E-state index contributed by atoms with van der Waals surface area (Å²) >= 11 is 1.84. The fourth-order valence-electron chi connectivity index (χ4n) is 4.14. The van der Waals surface area contributed by atoms with Gasteiger partial charge < -0.3 is 15.1 Å². The van der Waals surface area contributed by atoms with Crippen LogP contribution in [0.1, 0.15) is 60.2 Å². The van der Waals surface area contributed by atoms with Crippen molar-refractivity contribution in [3.8, 4) is 22.6 Å². The molecule has 166 valence electrons. The van der Waals surface area contributed by atoms with Gasteiger partial charge in [0.15, 0.2) is 0 Å². The number of aromatic hydroxyl groups is 2. The molecular formula is C26H33NO3S. The number of hydrogen-bond donors (Lipinski definition) is 2. The first kappa shape index (κ1) is 23.3. The number of thioether (sulfide) groups is 1. The Labute approximate surface area is 190 Å². The van der Waals surface area contributed by atoms with Crippen LogP contribution in [0.4, 0.5) is 0 Å². The van der Waals surface area contributed by atoms with E-state index in [9.17, 15) is 15.0 Å². The van der Waals surface area contributed by atoms with E-state index in [0.29, 0.717) is 36.2 Å². The Bertz CT molecular complexity index is 977. The average Bonchev–Trinajstić information content (AvgIpc) is 2.74. The zero-order valence-electron chi connectivity index (χ0n) is 18.8. The van der Waals surface area contributed by atoms with Gasteiger partial charge in [0.2, 0.25) is 0 Å². The number of phenols is 2. The normalized spacial score (nSPS) is 14.0. The van der Waals surface area contributed by atoms with Crippen molar-refractivity contribution >= 4 is 23.2 Å². The van der Waals surface area contributed by atoms with Gasteiger partial charge in [-0.05, 0) is 49.4 Å². The van der Waals surface area contributed by atoms with Crippen molar-refractivity contribution in [3.63, 3.8) is 0 Å². The summed E-state index contributed by atoms with van der Waals surface area (Å²) in [6.45, 7) is 11.4. The first-order chi connectivity index (χ1) is 14.8. The van der Waals surface area contributed by atoms with Gasteiger partial charge in [0.1, 0.15) is 11.5 Å². The molecule has 5 heteroatoms. The van der Waals surface area contributed by atoms with E-state index in [-0.39, 0.29) is 17.4 Å². The van der Waals surface area contributed by atoms with E-state index in [0.717, 1.165) is 53.0 Å². The van der Waals surface area contributed by atoms with Crippen LogP contribution >= 0.6 is 11.8 Å². The summed E-state index contributed by atoms with van der Waals surface area (Å²) < 4.78 is 0. The molecule has 1 amide bonds. The van der Waals surface area contributed by atoms with Crippen molar-refractivity contribution in [1.29, 1.82) is 0 Å². The highest BCUT2D eigenvalue weighted by Gasteiger charge is 2.28. The highest BCUT2D eigenvalue weighted by Crippen LogP contribution is 2.45. The van der Waals surface area contributed by atoms with E-state index in [4.69, 9.17) is 0 Å². The topological polar surface area (TPSA) is 60.8 Å². The Morgan fingerprint density at radius 3 is 2.52 bits per heavy atom. The molecule has 2 aromatic rings. The minimum Gasteiger partial charge on any atom is -0.507 e. The summed E-state index contributed by atoms with van der Waals surface area (Å²) in [5.41, 5.74) is 4.77. The van der Waals surface area contributed by atoms with E-state index in [2.05, 4.69) is 13.5 Å². The van der Waals surface area contributed by atoms with E-state index in [1.165, 1.54) is 0 Å². The summed E-state index contributed by atoms with van der Waals surface area (Å²) in [4.78, 5) is 15.3. The van der Waals surface area contributed by atoms with Gasteiger partial charge >= 0.3 is 0 Å². The lowest BCUT2D eigenvalue weighted by atomic mass is 9.88. The molecule has 2 aromatic carbocycles. The molecule has 2 N–H and O–H groups in total. The Morgan fingerprint density at radius 2 is 1.87 bits per heavy atom. The Kier molecular flexibility index (Phi) is 7.71. The molecule has 1 saturated heterocycles. The van der Waals surface area contributed by atoms with E-state index in [1.807, 2.05) is 48.7 Å². The van der Waals surface area contributed by atoms with E-state index < -0.39 is 0 Å². The summed E-state index contributed by atoms with van der Waals surface area (Å²) in [5, 5.41) is 22.4. The van der Waals surface area contributed by atoms with Crippen LogP contribution in [0.2, 0.25) is 0 Å². The molecule has 4 nitrogen and oxygen atoms in total. The Balaban J connectivity index is 2.19. The van der Waals surface area contributed by atoms with Crippen LogP contribution in [0.25, 0.3) is 16.7 Å². The number of hydrogen-bond acceptors (Lipinski definition) is 4. The molecule has 0 bridgehead atoms. The van der Waals surface area contributed by atoms with Crippen LogP contribution in [0, 0.1) is 6.92 Å². The van der Waals surface area contributed by atoms with Gasteiger partial charge in [0, 0.05) is 24.6 Å². The average molecular weight is 440 g/mol. The number of nitrogens with zero attached hydrogens (tertiary/aromatic N) is 1. The van der Waals surface area contributed by atoms with Crippen LogP contribution in [0.5, 0.6) is 11.5 Å². The minimum absolute atomic E-state index is 0.00264. The number of phenolic OH excluding ortho intramolecular Hbond substituents is 2. The zero-order valence-corrected chi connectivity index (χ0v) is 19.6. The third-order valence-corrected chi connectivity index (χ3v) is 6.77. The molecule has 31 heavy (non-hydrogen) atoms. The number of unbranched alkanes of at least 4 members (excludes halogenated alkanes) is 2. The Hall–Kier alpha value is -2.40. The second-order valence-corrected chi connectivity index (χ2v) is 9.57. The SMILES string of the molecule is C=C(C)c1ccc(C)cc1-c1c(O)cc(CCCCC)c(C(=O)N2CCSCC2)c1O. The predicted octanol–water partition coefficient (Wildman–Crippen LogP) is 6.03. The first-order valence-electron chi connectivity index (χ1n) is 11.1. The molecule has 0 atom stereocenters. The third-order valence-electron chi connectivity index (χ3n) is 5.83. The van der Waals surface area contributed by atoms with Gasteiger partial charge in [-0.2, -0.15) is 11.8 Å². The minimum atomic E-state index is -0.143. The highest BCUT2D eigenvalue weighted by molar-refractivity contribution is 7.99. The van der Waals surface area contributed by atoms with Crippen molar-refractivity contribution in [1.82, 2.24) is 4.90 Å². The molecule has 1 heterocycles. The maximum Gasteiger partial charge on any atom is 0.257 e. The monoisotopic (exact) mass is 439 g/mol. The maximum atomic E-state index is 13.5. The number of aryl methyl sites for hydroxylation is 2. The highest BCUT2D eigenvalue weighted by atomic mass is 32.2. The van der Waals surface area contributed by atoms with Crippen molar-refractivity contribution in [2.24, 2.45) is 0 Å². The number of amides is 1. The number of benzene rings is 2. The van der Waals surface area contributed by atoms with Gasteiger partial charge in [0.05, 0.1) is 11.1 Å². The van der Waals surface area contributed by atoms with Crippen molar-refractivity contribution in [3.05, 3.63) is 53.1 Å². The Morgan fingerprint density at radius 1 is 1.16 bits per heavy atom. The molecule has 0 aliphatic carbocycles. The summed E-state index contributed by atoms with van der Waals surface area (Å²) in [7, 11) is 0.